The Morgan fingerprint density at radius 1 is 1.90 bits per heavy atom. The Kier molecular flexibility index (Phi) is 1.80. The lowest BCUT2D eigenvalue weighted by Gasteiger charge is -1.92. The Hall–Kier alpha value is -1.19. The van der Waals surface area contributed by atoms with E-state index >= 15 is 0 Å². The molecule has 1 heterocycles. The summed E-state index contributed by atoms with van der Waals surface area (Å²) in [5.41, 5.74) is 0.335. The van der Waals surface area contributed by atoms with E-state index in [-0.39, 0.29) is 5.82 Å². The van der Waals surface area contributed by atoms with Gasteiger partial charge in [-0.05, 0) is 6.92 Å². The number of hydrogen-bond acceptors (Lipinski definition) is 2. The molecule has 0 aromatic carbocycles. The van der Waals surface area contributed by atoms with Crippen LogP contribution in [0.5, 0.6) is 0 Å². The number of aromatic nitrogens is 2. The molecule has 0 spiro atoms. The Morgan fingerprint density at radius 3 is 2.90 bits per heavy atom. The Bertz CT molecular complexity index is 231. The molecule has 4 heteroatoms. The van der Waals surface area contributed by atoms with Crippen LogP contribution in [0.4, 0.5) is 4.39 Å². The lowest BCUT2D eigenvalue weighted by atomic mass is 10.3. The highest BCUT2D eigenvalue weighted by Crippen LogP contribution is 2.11. The van der Waals surface area contributed by atoms with Crippen LogP contribution in [0, 0.1) is 0 Å². The third kappa shape index (κ3) is 1.21. The highest BCUT2D eigenvalue weighted by atomic mass is 19.1. The Labute approximate surface area is 57.3 Å². The monoisotopic (exact) mass is 142 g/mol. The molecule has 1 rings (SSSR count). The number of imidazole rings is 1. The topological polar surface area (TPSA) is 45.8 Å². The molecule has 10 heavy (non-hydrogen) atoms. The van der Waals surface area contributed by atoms with Gasteiger partial charge in [0.05, 0.1) is 11.9 Å². The largest absolute Gasteiger partial charge is 0.337 e. The summed E-state index contributed by atoms with van der Waals surface area (Å²) in [6, 6.07) is 0. The fourth-order valence-electron chi connectivity index (χ4n) is 0.614. The molecule has 1 unspecified atom stereocenters. The maximum atomic E-state index is 12.4. The first-order chi connectivity index (χ1) is 4.74. The van der Waals surface area contributed by atoms with Gasteiger partial charge in [0.25, 0.3) is 0 Å². The maximum absolute atomic E-state index is 12.4. The molecule has 0 bridgehead atoms. The molecule has 0 aliphatic rings. The van der Waals surface area contributed by atoms with Gasteiger partial charge in [0.15, 0.2) is 12.1 Å². The molecule has 1 aromatic rings. The van der Waals surface area contributed by atoms with Crippen molar-refractivity contribution in [3.05, 3.63) is 17.7 Å². The van der Waals surface area contributed by atoms with Crippen LogP contribution in [-0.2, 0) is 0 Å². The second-order valence-corrected chi connectivity index (χ2v) is 1.96. The van der Waals surface area contributed by atoms with E-state index in [4.69, 9.17) is 0 Å². The Balaban J connectivity index is 2.88. The minimum absolute atomic E-state index is 0.166. The van der Waals surface area contributed by atoms with E-state index in [1.807, 2.05) is 0 Å². The molecule has 0 saturated heterocycles. The number of H-pyrrole nitrogens is 1. The van der Waals surface area contributed by atoms with Crippen molar-refractivity contribution < 1.29 is 9.18 Å². The highest BCUT2D eigenvalue weighted by Gasteiger charge is 2.05. The molecule has 1 atom stereocenters. The SMILES string of the molecule is CC(F)c1cnc(C=O)[nH]1. The predicted molar refractivity (Wildman–Crippen MR) is 33.5 cm³/mol. The van der Waals surface area contributed by atoms with Crippen molar-refractivity contribution in [1.29, 1.82) is 0 Å². The van der Waals surface area contributed by atoms with Crippen molar-refractivity contribution in [2.45, 2.75) is 13.1 Å². The molecule has 1 N–H and O–H groups in total. The summed E-state index contributed by atoms with van der Waals surface area (Å²) < 4.78 is 12.4. The van der Waals surface area contributed by atoms with Gasteiger partial charge in [0.1, 0.15) is 6.17 Å². The van der Waals surface area contributed by atoms with E-state index in [0.717, 1.165) is 0 Å². The van der Waals surface area contributed by atoms with Crippen molar-refractivity contribution in [2.75, 3.05) is 0 Å². The number of nitrogens with one attached hydrogen (secondary N) is 1. The second-order valence-electron chi connectivity index (χ2n) is 1.96. The van der Waals surface area contributed by atoms with Crippen LogP contribution in [0.15, 0.2) is 6.20 Å². The lowest BCUT2D eigenvalue weighted by molar-refractivity contribution is 0.111. The van der Waals surface area contributed by atoms with E-state index in [9.17, 15) is 9.18 Å². The first kappa shape index (κ1) is 6.92. The number of carbonyl (C=O) groups is 1. The smallest absolute Gasteiger partial charge is 0.185 e. The second kappa shape index (κ2) is 2.60. The average Bonchev–Trinajstić information content (AvgIpc) is 2.34. The summed E-state index contributed by atoms with van der Waals surface area (Å²) >= 11 is 0. The maximum Gasteiger partial charge on any atom is 0.185 e. The number of aromatic amines is 1. The van der Waals surface area contributed by atoms with Crippen LogP contribution in [0.2, 0.25) is 0 Å². The van der Waals surface area contributed by atoms with E-state index in [1.165, 1.54) is 13.1 Å². The average molecular weight is 142 g/mol. The summed E-state index contributed by atoms with van der Waals surface area (Å²) in [7, 11) is 0. The van der Waals surface area contributed by atoms with Crippen molar-refractivity contribution >= 4 is 6.29 Å². The normalized spacial score (nSPS) is 13.0. The fraction of sp³-hybridized carbons (Fsp3) is 0.333. The standard InChI is InChI=1S/C6H7FN2O/c1-4(7)5-2-8-6(3-10)9-5/h2-4H,1H3,(H,8,9). The number of hydrogen-bond donors (Lipinski definition) is 1. The summed E-state index contributed by atoms with van der Waals surface area (Å²) in [6.07, 6.45) is 0.765. The highest BCUT2D eigenvalue weighted by molar-refractivity contribution is 5.68. The third-order valence-electron chi connectivity index (χ3n) is 1.16. The summed E-state index contributed by atoms with van der Waals surface area (Å²) in [5.74, 6) is 0.166. The molecule has 3 nitrogen and oxygen atoms in total. The van der Waals surface area contributed by atoms with Gasteiger partial charge in [-0.2, -0.15) is 0 Å². The van der Waals surface area contributed by atoms with Crippen LogP contribution in [0.3, 0.4) is 0 Å². The quantitative estimate of drug-likeness (QED) is 0.631. The van der Waals surface area contributed by atoms with Crippen LogP contribution in [-0.4, -0.2) is 16.3 Å². The molecule has 54 valence electrons. The first-order valence-corrected chi connectivity index (χ1v) is 2.88. The summed E-state index contributed by atoms with van der Waals surface area (Å²) in [4.78, 5) is 16.1. The zero-order valence-corrected chi connectivity index (χ0v) is 5.47. The Morgan fingerprint density at radius 2 is 2.60 bits per heavy atom. The molecule has 0 amide bonds. The van der Waals surface area contributed by atoms with Crippen LogP contribution in [0.25, 0.3) is 0 Å². The zero-order chi connectivity index (χ0) is 7.56. The first-order valence-electron chi connectivity index (χ1n) is 2.88. The van der Waals surface area contributed by atoms with Gasteiger partial charge in [-0.3, -0.25) is 4.79 Å². The number of nitrogens with zero attached hydrogens (tertiary/aromatic N) is 1. The third-order valence-corrected chi connectivity index (χ3v) is 1.16. The van der Waals surface area contributed by atoms with Gasteiger partial charge >= 0.3 is 0 Å². The number of carbonyl (C=O) groups excluding carboxylic acids is 1. The van der Waals surface area contributed by atoms with Crippen molar-refractivity contribution in [3.8, 4) is 0 Å². The van der Waals surface area contributed by atoms with Gasteiger partial charge < -0.3 is 4.98 Å². The molecule has 0 saturated carbocycles. The molecular weight excluding hydrogens is 135 g/mol. The van der Waals surface area contributed by atoms with E-state index in [0.29, 0.717) is 12.0 Å². The molecule has 1 aromatic heterocycles. The molecular formula is C6H7FN2O. The van der Waals surface area contributed by atoms with Gasteiger partial charge in [0.2, 0.25) is 0 Å². The number of rotatable bonds is 2. The van der Waals surface area contributed by atoms with E-state index in [2.05, 4.69) is 9.97 Å². The number of aldehydes is 1. The van der Waals surface area contributed by atoms with Crippen LogP contribution >= 0.6 is 0 Å². The van der Waals surface area contributed by atoms with Crippen LogP contribution < -0.4 is 0 Å². The van der Waals surface area contributed by atoms with Gasteiger partial charge in [-0.1, -0.05) is 0 Å². The van der Waals surface area contributed by atoms with Crippen molar-refractivity contribution in [1.82, 2.24) is 9.97 Å². The lowest BCUT2D eigenvalue weighted by Crippen LogP contribution is -1.86. The molecule has 0 fully saturated rings. The number of alkyl halides is 1. The van der Waals surface area contributed by atoms with E-state index < -0.39 is 6.17 Å². The van der Waals surface area contributed by atoms with Gasteiger partial charge in [0, 0.05) is 0 Å². The van der Waals surface area contributed by atoms with Gasteiger partial charge in [-0.25, -0.2) is 9.37 Å². The van der Waals surface area contributed by atoms with Crippen LogP contribution in [0.1, 0.15) is 29.4 Å². The van der Waals surface area contributed by atoms with Gasteiger partial charge in [-0.15, -0.1) is 0 Å². The molecule has 0 aliphatic heterocycles. The number of halogens is 1. The fourth-order valence-corrected chi connectivity index (χ4v) is 0.614. The predicted octanol–water partition coefficient (Wildman–Crippen LogP) is 1.25. The molecule has 0 aliphatic carbocycles. The van der Waals surface area contributed by atoms with Crippen molar-refractivity contribution in [2.24, 2.45) is 0 Å². The minimum Gasteiger partial charge on any atom is -0.337 e. The minimum atomic E-state index is -1.10. The van der Waals surface area contributed by atoms with E-state index in [1.54, 1.807) is 0 Å². The summed E-state index contributed by atoms with van der Waals surface area (Å²) in [6.45, 7) is 1.38. The summed E-state index contributed by atoms with van der Waals surface area (Å²) in [5, 5.41) is 0. The van der Waals surface area contributed by atoms with Crippen molar-refractivity contribution in [3.63, 3.8) is 0 Å². The molecule has 0 radical (unpaired) electrons. The zero-order valence-electron chi connectivity index (χ0n) is 5.47.